The molecule has 0 unspecified atom stereocenters. The van der Waals surface area contributed by atoms with Gasteiger partial charge in [-0.25, -0.2) is 8.42 Å². The average Bonchev–Trinajstić information content (AvgIpc) is 2.49. The SMILES string of the molecule is CCCc1ccccc1NS(=O)(=O)c1ccccc1NN. The van der Waals surface area contributed by atoms with E-state index < -0.39 is 10.0 Å². The minimum atomic E-state index is -3.69. The van der Waals surface area contributed by atoms with Crippen molar-refractivity contribution in [1.29, 1.82) is 0 Å². The number of hydrogen-bond donors (Lipinski definition) is 3. The van der Waals surface area contributed by atoms with Crippen LogP contribution in [-0.2, 0) is 16.4 Å². The molecule has 112 valence electrons. The molecule has 2 aromatic rings. The first-order valence-corrected chi connectivity index (χ1v) is 8.23. The Labute approximate surface area is 125 Å². The van der Waals surface area contributed by atoms with Gasteiger partial charge in [-0.3, -0.25) is 10.6 Å². The van der Waals surface area contributed by atoms with E-state index in [1.165, 1.54) is 6.07 Å². The molecule has 0 aliphatic carbocycles. The summed E-state index contributed by atoms with van der Waals surface area (Å²) in [5.41, 5.74) is 4.34. The molecule has 0 bridgehead atoms. The summed E-state index contributed by atoms with van der Waals surface area (Å²) < 4.78 is 27.7. The van der Waals surface area contributed by atoms with Gasteiger partial charge in [-0.15, -0.1) is 0 Å². The molecule has 0 heterocycles. The molecule has 0 saturated carbocycles. The summed E-state index contributed by atoms with van der Waals surface area (Å²) in [5.74, 6) is 5.38. The summed E-state index contributed by atoms with van der Waals surface area (Å²) in [6, 6.07) is 13.9. The molecule has 0 saturated heterocycles. The zero-order chi connectivity index (χ0) is 15.3. The first-order chi connectivity index (χ1) is 10.1. The Morgan fingerprint density at radius 1 is 1.00 bits per heavy atom. The molecule has 0 radical (unpaired) electrons. The molecule has 0 aliphatic heterocycles. The number of hydrazine groups is 1. The Morgan fingerprint density at radius 2 is 1.62 bits per heavy atom. The van der Waals surface area contributed by atoms with Crippen LogP contribution in [0.25, 0.3) is 0 Å². The summed E-state index contributed by atoms with van der Waals surface area (Å²) >= 11 is 0. The smallest absolute Gasteiger partial charge is 0.264 e. The van der Waals surface area contributed by atoms with Crippen LogP contribution in [0.1, 0.15) is 18.9 Å². The molecule has 2 rings (SSSR count). The highest BCUT2D eigenvalue weighted by Gasteiger charge is 2.19. The standard InChI is InChI=1S/C15H19N3O2S/c1-2-7-12-8-3-4-9-13(12)18-21(19,20)15-11-6-5-10-14(15)17-16/h3-6,8-11,17-18H,2,7,16H2,1H3. The summed E-state index contributed by atoms with van der Waals surface area (Å²) in [4.78, 5) is 0.124. The molecule has 0 aromatic heterocycles. The fraction of sp³-hybridized carbons (Fsp3) is 0.200. The Kier molecular flexibility index (Phi) is 4.82. The van der Waals surface area contributed by atoms with Gasteiger partial charge in [-0.2, -0.15) is 0 Å². The predicted molar refractivity (Wildman–Crippen MR) is 85.5 cm³/mol. The largest absolute Gasteiger partial charge is 0.323 e. The van der Waals surface area contributed by atoms with E-state index in [2.05, 4.69) is 17.1 Å². The molecule has 0 amide bonds. The van der Waals surface area contributed by atoms with Crippen molar-refractivity contribution >= 4 is 21.4 Å². The average molecular weight is 305 g/mol. The van der Waals surface area contributed by atoms with Crippen LogP contribution in [-0.4, -0.2) is 8.42 Å². The molecule has 6 heteroatoms. The lowest BCUT2D eigenvalue weighted by Gasteiger charge is -2.14. The number of hydrogen-bond acceptors (Lipinski definition) is 4. The third-order valence-electron chi connectivity index (χ3n) is 3.11. The number of rotatable bonds is 6. The Balaban J connectivity index is 2.38. The summed E-state index contributed by atoms with van der Waals surface area (Å²) in [6.07, 6.45) is 1.76. The third-order valence-corrected chi connectivity index (χ3v) is 4.54. The van der Waals surface area contributed by atoms with E-state index in [-0.39, 0.29) is 4.90 Å². The number of nitrogen functional groups attached to an aromatic ring is 1. The van der Waals surface area contributed by atoms with Gasteiger partial charge in [0.05, 0.1) is 11.4 Å². The number of para-hydroxylation sites is 2. The van der Waals surface area contributed by atoms with Crippen LogP contribution in [0.15, 0.2) is 53.4 Å². The number of aryl methyl sites for hydroxylation is 1. The van der Waals surface area contributed by atoms with Gasteiger partial charge in [0.2, 0.25) is 0 Å². The Morgan fingerprint density at radius 3 is 2.29 bits per heavy atom. The van der Waals surface area contributed by atoms with Gasteiger partial charge >= 0.3 is 0 Å². The van der Waals surface area contributed by atoms with Crippen molar-refractivity contribution in [3.63, 3.8) is 0 Å². The van der Waals surface area contributed by atoms with E-state index in [1.807, 2.05) is 18.2 Å². The fourth-order valence-electron chi connectivity index (χ4n) is 2.13. The third kappa shape index (κ3) is 3.53. The van der Waals surface area contributed by atoms with E-state index in [0.717, 1.165) is 18.4 Å². The molecule has 0 aliphatic rings. The molecule has 0 fully saturated rings. The van der Waals surface area contributed by atoms with Crippen molar-refractivity contribution in [3.05, 3.63) is 54.1 Å². The van der Waals surface area contributed by atoms with Crippen molar-refractivity contribution in [2.45, 2.75) is 24.7 Å². The predicted octanol–water partition coefficient (Wildman–Crippen LogP) is 2.73. The van der Waals surface area contributed by atoms with Crippen molar-refractivity contribution in [1.82, 2.24) is 0 Å². The minimum Gasteiger partial charge on any atom is -0.323 e. The van der Waals surface area contributed by atoms with Gasteiger partial charge in [-0.05, 0) is 30.2 Å². The molecule has 0 spiro atoms. The lowest BCUT2D eigenvalue weighted by Crippen LogP contribution is -2.18. The highest BCUT2D eigenvalue weighted by molar-refractivity contribution is 7.92. The van der Waals surface area contributed by atoms with Gasteiger partial charge in [-0.1, -0.05) is 43.7 Å². The van der Waals surface area contributed by atoms with Gasteiger partial charge in [0.1, 0.15) is 4.90 Å². The summed E-state index contributed by atoms with van der Waals surface area (Å²) in [7, 11) is -3.69. The van der Waals surface area contributed by atoms with Gasteiger partial charge in [0, 0.05) is 0 Å². The summed E-state index contributed by atoms with van der Waals surface area (Å²) in [5, 5.41) is 0. The molecule has 5 nitrogen and oxygen atoms in total. The van der Waals surface area contributed by atoms with Gasteiger partial charge in [0.15, 0.2) is 0 Å². The fourth-order valence-corrected chi connectivity index (χ4v) is 3.40. The first kappa shape index (κ1) is 15.3. The van der Waals surface area contributed by atoms with Crippen LogP contribution in [0, 0.1) is 0 Å². The van der Waals surface area contributed by atoms with Crippen molar-refractivity contribution in [3.8, 4) is 0 Å². The van der Waals surface area contributed by atoms with Gasteiger partial charge < -0.3 is 5.43 Å². The number of nitrogens with two attached hydrogens (primary N) is 1. The lowest BCUT2D eigenvalue weighted by atomic mass is 10.1. The molecular formula is C15H19N3O2S. The number of benzene rings is 2. The maximum absolute atomic E-state index is 12.5. The second-order valence-electron chi connectivity index (χ2n) is 4.65. The van der Waals surface area contributed by atoms with Crippen LogP contribution in [0.3, 0.4) is 0 Å². The number of anilines is 2. The van der Waals surface area contributed by atoms with Crippen LogP contribution < -0.4 is 16.0 Å². The minimum absolute atomic E-state index is 0.124. The Bertz CT molecular complexity index is 714. The van der Waals surface area contributed by atoms with E-state index in [9.17, 15) is 8.42 Å². The monoisotopic (exact) mass is 305 g/mol. The normalized spacial score (nSPS) is 11.1. The Hall–Kier alpha value is -2.05. The maximum Gasteiger partial charge on any atom is 0.264 e. The quantitative estimate of drug-likeness (QED) is 0.566. The van der Waals surface area contributed by atoms with E-state index in [0.29, 0.717) is 11.4 Å². The molecule has 2 aromatic carbocycles. The van der Waals surface area contributed by atoms with Crippen LogP contribution in [0.2, 0.25) is 0 Å². The number of nitrogens with one attached hydrogen (secondary N) is 2. The van der Waals surface area contributed by atoms with Crippen LogP contribution in [0.4, 0.5) is 11.4 Å². The van der Waals surface area contributed by atoms with Crippen molar-refractivity contribution in [2.24, 2.45) is 5.84 Å². The summed E-state index contributed by atoms with van der Waals surface area (Å²) in [6.45, 7) is 2.05. The lowest BCUT2D eigenvalue weighted by molar-refractivity contribution is 0.601. The van der Waals surface area contributed by atoms with Crippen molar-refractivity contribution in [2.75, 3.05) is 10.1 Å². The number of sulfonamides is 1. The second-order valence-corrected chi connectivity index (χ2v) is 6.30. The van der Waals surface area contributed by atoms with Gasteiger partial charge in [0.25, 0.3) is 10.0 Å². The zero-order valence-corrected chi connectivity index (χ0v) is 12.7. The van der Waals surface area contributed by atoms with E-state index >= 15 is 0 Å². The van der Waals surface area contributed by atoms with Crippen molar-refractivity contribution < 1.29 is 8.42 Å². The second kappa shape index (κ2) is 6.60. The topological polar surface area (TPSA) is 84.2 Å². The molecular weight excluding hydrogens is 286 g/mol. The van der Waals surface area contributed by atoms with E-state index in [1.54, 1.807) is 24.3 Å². The molecule has 0 atom stereocenters. The van der Waals surface area contributed by atoms with Crippen LogP contribution >= 0.6 is 0 Å². The zero-order valence-electron chi connectivity index (χ0n) is 11.8. The molecule has 21 heavy (non-hydrogen) atoms. The first-order valence-electron chi connectivity index (χ1n) is 6.75. The van der Waals surface area contributed by atoms with E-state index in [4.69, 9.17) is 5.84 Å². The van der Waals surface area contributed by atoms with Crippen LogP contribution in [0.5, 0.6) is 0 Å². The highest BCUT2D eigenvalue weighted by atomic mass is 32.2. The maximum atomic E-state index is 12.5. The molecule has 4 N–H and O–H groups in total. The highest BCUT2D eigenvalue weighted by Crippen LogP contribution is 2.25.